The maximum absolute atomic E-state index is 6.00. The molecule has 2 aromatic heterocycles. The molecule has 5 heteroatoms. The fourth-order valence-corrected chi connectivity index (χ4v) is 3.72. The van der Waals surface area contributed by atoms with Gasteiger partial charge in [0.2, 0.25) is 5.89 Å². The quantitative estimate of drug-likeness (QED) is 0.918. The number of rotatable bonds is 5. The van der Waals surface area contributed by atoms with E-state index in [1.807, 2.05) is 17.5 Å². The van der Waals surface area contributed by atoms with Crippen molar-refractivity contribution in [2.75, 3.05) is 6.54 Å². The first kappa shape index (κ1) is 14.8. The summed E-state index contributed by atoms with van der Waals surface area (Å²) in [5, 5.41) is 2.04. The Hall–Kier alpha value is -1.17. The molecule has 114 valence electrons. The van der Waals surface area contributed by atoms with Crippen LogP contribution in [-0.2, 0) is 6.54 Å². The van der Waals surface area contributed by atoms with Crippen LogP contribution in [0.25, 0.3) is 10.8 Å². The van der Waals surface area contributed by atoms with Gasteiger partial charge in [-0.3, -0.25) is 4.90 Å². The van der Waals surface area contributed by atoms with Gasteiger partial charge in [-0.05, 0) is 43.7 Å². The zero-order valence-corrected chi connectivity index (χ0v) is 13.3. The van der Waals surface area contributed by atoms with Gasteiger partial charge in [-0.15, -0.1) is 11.3 Å². The average Bonchev–Trinajstić information content (AvgIpc) is 3.17. The summed E-state index contributed by atoms with van der Waals surface area (Å²) in [6.07, 6.45) is 6.47. The molecule has 4 nitrogen and oxygen atoms in total. The van der Waals surface area contributed by atoms with Crippen molar-refractivity contribution in [1.29, 1.82) is 0 Å². The van der Waals surface area contributed by atoms with Crippen molar-refractivity contribution < 1.29 is 4.42 Å². The summed E-state index contributed by atoms with van der Waals surface area (Å²) in [7, 11) is 0. The van der Waals surface area contributed by atoms with Crippen molar-refractivity contribution >= 4 is 11.3 Å². The first-order valence-corrected chi connectivity index (χ1v) is 8.62. The van der Waals surface area contributed by atoms with Gasteiger partial charge in [0.1, 0.15) is 6.26 Å². The van der Waals surface area contributed by atoms with Crippen LogP contribution in [0.3, 0.4) is 0 Å². The van der Waals surface area contributed by atoms with Crippen LogP contribution < -0.4 is 5.73 Å². The Bertz CT molecular complexity index is 544. The summed E-state index contributed by atoms with van der Waals surface area (Å²) >= 11 is 1.66. The van der Waals surface area contributed by atoms with Gasteiger partial charge >= 0.3 is 0 Å². The Labute approximate surface area is 130 Å². The van der Waals surface area contributed by atoms with Crippen LogP contribution in [0.2, 0.25) is 0 Å². The molecule has 21 heavy (non-hydrogen) atoms. The number of nitrogens with zero attached hydrogens (tertiary/aromatic N) is 2. The summed E-state index contributed by atoms with van der Waals surface area (Å²) in [5.74, 6) is 0.738. The molecule has 2 aromatic rings. The molecule has 3 rings (SSSR count). The van der Waals surface area contributed by atoms with Crippen molar-refractivity contribution in [3.63, 3.8) is 0 Å². The van der Waals surface area contributed by atoms with Gasteiger partial charge in [-0.1, -0.05) is 13.0 Å². The number of oxazole rings is 1. The highest BCUT2D eigenvalue weighted by Gasteiger charge is 2.24. The summed E-state index contributed by atoms with van der Waals surface area (Å²) in [4.78, 5) is 8.22. The average molecular weight is 305 g/mol. The maximum atomic E-state index is 6.00. The first-order valence-electron chi connectivity index (χ1n) is 7.74. The molecule has 0 atom stereocenters. The molecule has 2 heterocycles. The van der Waals surface area contributed by atoms with Gasteiger partial charge in [-0.25, -0.2) is 4.98 Å². The third-order valence-corrected chi connectivity index (χ3v) is 5.17. The zero-order chi connectivity index (χ0) is 14.7. The minimum absolute atomic E-state index is 0.400. The van der Waals surface area contributed by atoms with Crippen LogP contribution in [0.1, 0.15) is 38.3 Å². The molecule has 0 saturated heterocycles. The topological polar surface area (TPSA) is 55.3 Å². The summed E-state index contributed by atoms with van der Waals surface area (Å²) in [5.41, 5.74) is 7.03. The van der Waals surface area contributed by atoms with Crippen LogP contribution in [0.4, 0.5) is 0 Å². The van der Waals surface area contributed by atoms with Crippen LogP contribution in [0.5, 0.6) is 0 Å². The molecular formula is C16H23N3OS. The van der Waals surface area contributed by atoms with E-state index in [1.54, 1.807) is 17.6 Å². The SMILES string of the molecule is CCN(Cc1coc(-c2cccs2)n1)C1CCC(N)CC1. The van der Waals surface area contributed by atoms with Gasteiger partial charge in [0, 0.05) is 18.6 Å². The van der Waals surface area contributed by atoms with E-state index in [-0.39, 0.29) is 0 Å². The maximum Gasteiger partial charge on any atom is 0.236 e. The Kier molecular flexibility index (Phi) is 4.73. The van der Waals surface area contributed by atoms with Gasteiger partial charge in [0.25, 0.3) is 0 Å². The monoisotopic (exact) mass is 305 g/mol. The Morgan fingerprint density at radius 3 is 2.86 bits per heavy atom. The lowest BCUT2D eigenvalue weighted by Crippen LogP contribution is -2.40. The molecule has 2 N–H and O–H groups in total. The van der Waals surface area contributed by atoms with Gasteiger partial charge in [-0.2, -0.15) is 0 Å². The van der Waals surface area contributed by atoms with E-state index < -0.39 is 0 Å². The largest absolute Gasteiger partial charge is 0.444 e. The van der Waals surface area contributed by atoms with Gasteiger partial charge < -0.3 is 10.2 Å². The normalized spacial score (nSPS) is 22.8. The molecule has 0 aliphatic heterocycles. The summed E-state index contributed by atoms with van der Waals surface area (Å²) in [6.45, 7) is 4.13. The van der Waals surface area contributed by atoms with E-state index in [1.165, 1.54) is 12.8 Å². The van der Waals surface area contributed by atoms with E-state index in [9.17, 15) is 0 Å². The van der Waals surface area contributed by atoms with Crippen LogP contribution >= 0.6 is 11.3 Å². The van der Waals surface area contributed by atoms with E-state index in [2.05, 4.69) is 16.8 Å². The van der Waals surface area contributed by atoms with Crippen molar-refractivity contribution in [2.45, 2.75) is 51.2 Å². The number of nitrogens with two attached hydrogens (primary N) is 1. The Morgan fingerprint density at radius 1 is 1.38 bits per heavy atom. The first-order chi connectivity index (χ1) is 10.3. The number of hydrogen-bond acceptors (Lipinski definition) is 5. The third-order valence-electron chi connectivity index (χ3n) is 4.31. The van der Waals surface area contributed by atoms with Crippen LogP contribution in [0, 0.1) is 0 Å². The van der Waals surface area contributed by atoms with Gasteiger partial charge in [0.05, 0.1) is 10.6 Å². The third kappa shape index (κ3) is 3.54. The van der Waals surface area contributed by atoms with Crippen molar-refractivity contribution in [1.82, 2.24) is 9.88 Å². The molecule has 0 unspecified atom stereocenters. The Balaban J connectivity index is 1.64. The van der Waals surface area contributed by atoms with Gasteiger partial charge in [0.15, 0.2) is 0 Å². The van der Waals surface area contributed by atoms with E-state index in [0.29, 0.717) is 12.1 Å². The smallest absolute Gasteiger partial charge is 0.236 e. The van der Waals surface area contributed by atoms with E-state index >= 15 is 0 Å². The minimum Gasteiger partial charge on any atom is -0.444 e. The molecule has 1 saturated carbocycles. The van der Waals surface area contributed by atoms with E-state index in [0.717, 1.165) is 42.4 Å². The summed E-state index contributed by atoms with van der Waals surface area (Å²) < 4.78 is 5.61. The highest BCUT2D eigenvalue weighted by molar-refractivity contribution is 7.13. The zero-order valence-electron chi connectivity index (χ0n) is 12.5. The fraction of sp³-hybridized carbons (Fsp3) is 0.562. The van der Waals surface area contributed by atoms with Crippen LogP contribution in [0.15, 0.2) is 28.2 Å². The Morgan fingerprint density at radius 2 is 2.19 bits per heavy atom. The standard InChI is InChI=1S/C16H23N3OS/c1-2-19(14-7-5-12(17)6-8-14)10-13-11-20-16(18-13)15-4-3-9-21-15/h3-4,9,11-12,14H,2,5-8,10,17H2,1H3. The van der Waals surface area contributed by atoms with Crippen LogP contribution in [-0.4, -0.2) is 28.5 Å². The lowest BCUT2D eigenvalue weighted by Gasteiger charge is -2.34. The predicted octanol–water partition coefficient (Wildman–Crippen LogP) is 3.49. The molecular weight excluding hydrogens is 282 g/mol. The number of thiophene rings is 1. The second-order valence-corrected chi connectivity index (χ2v) is 6.70. The number of aromatic nitrogens is 1. The lowest BCUT2D eigenvalue weighted by molar-refractivity contribution is 0.147. The number of hydrogen-bond donors (Lipinski definition) is 1. The fourth-order valence-electron chi connectivity index (χ4n) is 3.07. The molecule has 0 spiro atoms. The van der Waals surface area contributed by atoms with Crippen molar-refractivity contribution in [3.8, 4) is 10.8 Å². The predicted molar refractivity (Wildman–Crippen MR) is 86.1 cm³/mol. The molecule has 1 aliphatic carbocycles. The molecule has 1 aliphatic rings. The molecule has 0 aromatic carbocycles. The van der Waals surface area contributed by atoms with Crippen molar-refractivity contribution in [2.24, 2.45) is 5.73 Å². The molecule has 0 bridgehead atoms. The highest BCUT2D eigenvalue weighted by atomic mass is 32.1. The lowest BCUT2D eigenvalue weighted by atomic mass is 9.90. The minimum atomic E-state index is 0.400. The molecule has 0 radical (unpaired) electrons. The second kappa shape index (κ2) is 6.73. The molecule has 0 amide bonds. The van der Waals surface area contributed by atoms with E-state index in [4.69, 9.17) is 10.2 Å². The van der Waals surface area contributed by atoms with Crippen molar-refractivity contribution in [3.05, 3.63) is 29.5 Å². The highest BCUT2D eigenvalue weighted by Crippen LogP contribution is 2.26. The molecule has 1 fully saturated rings. The summed E-state index contributed by atoms with van der Waals surface area (Å²) in [6, 6.07) is 5.10. The second-order valence-electron chi connectivity index (χ2n) is 5.75.